The highest BCUT2D eigenvalue weighted by Gasteiger charge is 2.35. The Morgan fingerprint density at radius 3 is 2.35 bits per heavy atom. The molecule has 0 saturated heterocycles. The molecule has 0 unspecified atom stereocenters. The maximum atomic E-state index is 14.3. The van der Waals surface area contributed by atoms with Gasteiger partial charge < -0.3 is 14.2 Å². The van der Waals surface area contributed by atoms with Gasteiger partial charge in [-0.25, -0.2) is 14.6 Å². The van der Waals surface area contributed by atoms with Crippen molar-refractivity contribution in [1.82, 2.24) is 4.57 Å². The number of nitrogens with zero attached hydrogens (tertiary/aromatic N) is 2. The van der Waals surface area contributed by atoms with Crippen LogP contribution in [0.5, 0.6) is 5.75 Å². The number of thiazole rings is 1. The summed E-state index contributed by atoms with van der Waals surface area (Å²) in [5.41, 5.74) is 3.40. The Morgan fingerprint density at radius 1 is 0.938 bits per heavy atom. The molecular formula is C36H28I2N2O6S2. The molecule has 6 rings (SSSR count). The van der Waals surface area contributed by atoms with Crippen LogP contribution in [0.4, 0.5) is 0 Å². The third-order valence-electron chi connectivity index (χ3n) is 7.36. The van der Waals surface area contributed by atoms with Crippen molar-refractivity contribution in [3.63, 3.8) is 0 Å². The summed E-state index contributed by atoms with van der Waals surface area (Å²) < 4.78 is 20.9. The standard InChI is InChI=1S/C36H28I2N2O6S2/c1-3-44-34(42)23-14-12-21(13-15-23)20-46-32-24(17-25(37)19-26(32)38)18-28-33(41)40-31(27-11-8-16-47-27)29(35(43)45-4-2)30(39-36(40)48-28)22-9-6-5-7-10-22/h5-19,31H,3-4,20H2,1-2H3/b28-18-/t31-/m0/s1. The quantitative estimate of drug-likeness (QED) is 0.111. The van der Waals surface area contributed by atoms with Crippen LogP contribution in [-0.2, 0) is 20.9 Å². The Morgan fingerprint density at radius 2 is 1.67 bits per heavy atom. The molecule has 5 aromatic rings. The van der Waals surface area contributed by atoms with E-state index in [2.05, 4.69) is 45.2 Å². The van der Waals surface area contributed by atoms with Crippen LogP contribution in [0.2, 0.25) is 0 Å². The number of benzene rings is 3. The summed E-state index contributed by atoms with van der Waals surface area (Å²) in [7, 11) is 0. The van der Waals surface area contributed by atoms with Crippen LogP contribution in [0.15, 0.2) is 99.6 Å². The van der Waals surface area contributed by atoms with E-state index >= 15 is 0 Å². The van der Waals surface area contributed by atoms with E-state index in [0.717, 1.165) is 28.7 Å². The van der Waals surface area contributed by atoms with Crippen molar-refractivity contribution in [3.05, 3.63) is 144 Å². The maximum absolute atomic E-state index is 14.3. The normalized spacial score (nSPS) is 14.3. The lowest BCUT2D eigenvalue weighted by Crippen LogP contribution is -2.39. The number of carbonyl (C=O) groups excluding carboxylic acids is 2. The highest BCUT2D eigenvalue weighted by atomic mass is 127. The fourth-order valence-corrected chi connectivity index (χ4v) is 9.11. The fraction of sp³-hybridized carbons (Fsp3) is 0.167. The Labute approximate surface area is 311 Å². The minimum absolute atomic E-state index is 0.190. The zero-order chi connectivity index (χ0) is 33.8. The minimum Gasteiger partial charge on any atom is -0.487 e. The largest absolute Gasteiger partial charge is 0.487 e. The highest BCUT2D eigenvalue weighted by molar-refractivity contribution is 14.1. The van der Waals surface area contributed by atoms with Gasteiger partial charge in [-0.3, -0.25) is 9.36 Å². The first-order valence-corrected chi connectivity index (χ1v) is 18.8. The molecule has 244 valence electrons. The van der Waals surface area contributed by atoms with E-state index in [-0.39, 0.29) is 24.7 Å². The summed E-state index contributed by atoms with van der Waals surface area (Å²) in [5, 5.41) is 1.93. The third kappa shape index (κ3) is 7.21. The zero-order valence-corrected chi connectivity index (χ0v) is 31.7. The van der Waals surface area contributed by atoms with Gasteiger partial charge in [-0.15, -0.1) is 11.3 Å². The van der Waals surface area contributed by atoms with Gasteiger partial charge in [-0.1, -0.05) is 59.9 Å². The second-order valence-electron chi connectivity index (χ2n) is 10.5. The summed E-state index contributed by atoms with van der Waals surface area (Å²) in [5.74, 6) is -0.248. The van der Waals surface area contributed by atoms with Crippen molar-refractivity contribution in [2.45, 2.75) is 26.5 Å². The lowest BCUT2D eigenvalue weighted by atomic mass is 9.97. The van der Waals surface area contributed by atoms with Crippen LogP contribution in [-0.4, -0.2) is 29.7 Å². The number of carbonyl (C=O) groups is 2. The van der Waals surface area contributed by atoms with Crippen molar-refractivity contribution in [2.24, 2.45) is 4.99 Å². The molecule has 0 spiro atoms. The van der Waals surface area contributed by atoms with Crippen LogP contribution in [0.1, 0.15) is 51.8 Å². The number of hydrogen-bond acceptors (Lipinski definition) is 9. The van der Waals surface area contributed by atoms with Crippen LogP contribution >= 0.6 is 67.9 Å². The molecule has 3 aromatic carbocycles. The summed E-state index contributed by atoms with van der Waals surface area (Å²) in [6, 6.07) is 23.7. The average Bonchev–Trinajstić information content (AvgIpc) is 3.72. The number of hydrogen-bond donors (Lipinski definition) is 0. The van der Waals surface area contributed by atoms with Gasteiger partial charge in [-0.2, -0.15) is 0 Å². The summed E-state index contributed by atoms with van der Waals surface area (Å²) in [4.78, 5) is 46.2. The van der Waals surface area contributed by atoms with E-state index in [1.807, 2.05) is 78.2 Å². The molecule has 1 atom stereocenters. The first kappa shape index (κ1) is 34.3. The molecule has 48 heavy (non-hydrogen) atoms. The lowest BCUT2D eigenvalue weighted by molar-refractivity contribution is -0.138. The molecule has 2 aromatic heterocycles. The van der Waals surface area contributed by atoms with E-state index in [9.17, 15) is 14.4 Å². The summed E-state index contributed by atoms with van der Waals surface area (Å²) in [6.45, 7) is 4.29. The van der Waals surface area contributed by atoms with E-state index in [1.165, 1.54) is 22.7 Å². The topological polar surface area (TPSA) is 96.2 Å². The molecule has 0 N–H and O–H groups in total. The SMILES string of the molecule is CCOC(=O)C1=C(c2ccccc2)N=c2s/c(=C\c3cc(I)cc(I)c3OCc3ccc(C(=O)OCC)cc3)c(=O)n2[C@H]1c1cccs1. The smallest absolute Gasteiger partial charge is 0.338 e. The van der Waals surface area contributed by atoms with Gasteiger partial charge in [0.05, 0.1) is 38.1 Å². The fourth-order valence-electron chi connectivity index (χ4n) is 5.24. The molecule has 0 aliphatic carbocycles. The molecule has 0 saturated carbocycles. The van der Waals surface area contributed by atoms with E-state index < -0.39 is 12.0 Å². The van der Waals surface area contributed by atoms with E-state index in [4.69, 9.17) is 19.2 Å². The Bertz CT molecular complexity index is 2190. The van der Waals surface area contributed by atoms with Crippen molar-refractivity contribution in [2.75, 3.05) is 13.2 Å². The number of fused-ring (bicyclic) bond motifs is 1. The second-order valence-corrected chi connectivity index (χ2v) is 14.9. The van der Waals surface area contributed by atoms with E-state index in [0.29, 0.717) is 38.5 Å². The minimum atomic E-state index is -0.706. The molecular weight excluding hydrogens is 874 g/mol. The molecule has 0 bridgehead atoms. The van der Waals surface area contributed by atoms with Crippen molar-refractivity contribution in [3.8, 4) is 5.75 Å². The van der Waals surface area contributed by atoms with Gasteiger partial charge in [0.2, 0.25) is 0 Å². The predicted molar refractivity (Wildman–Crippen MR) is 204 cm³/mol. The number of thiophene rings is 1. The third-order valence-corrected chi connectivity index (χ3v) is 10.7. The van der Waals surface area contributed by atoms with Crippen LogP contribution in [0, 0.1) is 7.14 Å². The molecule has 0 amide bonds. The number of aromatic nitrogens is 1. The first-order chi connectivity index (χ1) is 23.3. The van der Waals surface area contributed by atoms with Gasteiger partial charge in [0.1, 0.15) is 18.4 Å². The van der Waals surface area contributed by atoms with Crippen LogP contribution < -0.4 is 19.6 Å². The van der Waals surface area contributed by atoms with Crippen molar-refractivity contribution < 1.29 is 23.8 Å². The van der Waals surface area contributed by atoms with E-state index in [1.54, 1.807) is 30.5 Å². The number of rotatable bonds is 10. The van der Waals surface area contributed by atoms with Crippen LogP contribution in [0.3, 0.4) is 0 Å². The predicted octanol–water partition coefficient (Wildman–Crippen LogP) is 6.96. The summed E-state index contributed by atoms with van der Waals surface area (Å²) >= 11 is 7.23. The molecule has 3 heterocycles. The molecule has 0 fully saturated rings. The molecule has 1 aliphatic rings. The van der Waals surface area contributed by atoms with Gasteiger partial charge in [-0.05, 0) is 106 Å². The molecule has 0 radical (unpaired) electrons. The number of halogens is 2. The van der Waals surface area contributed by atoms with Gasteiger partial charge >= 0.3 is 11.9 Å². The van der Waals surface area contributed by atoms with Gasteiger partial charge in [0.25, 0.3) is 5.56 Å². The molecule has 8 nitrogen and oxygen atoms in total. The second kappa shape index (κ2) is 15.3. The first-order valence-electron chi connectivity index (χ1n) is 15.0. The lowest BCUT2D eigenvalue weighted by Gasteiger charge is -2.24. The number of esters is 2. The Kier molecular flexibility index (Phi) is 10.9. The maximum Gasteiger partial charge on any atom is 0.338 e. The Balaban J connectivity index is 1.45. The van der Waals surface area contributed by atoms with Gasteiger partial charge in [0, 0.05) is 19.6 Å². The summed E-state index contributed by atoms with van der Waals surface area (Å²) in [6.07, 6.45) is 1.83. The molecule has 12 heteroatoms. The average molecular weight is 903 g/mol. The molecule has 1 aliphatic heterocycles. The van der Waals surface area contributed by atoms with Gasteiger partial charge in [0.15, 0.2) is 4.80 Å². The Hall–Kier alpha value is -3.60. The zero-order valence-electron chi connectivity index (χ0n) is 25.8. The monoisotopic (exact) mass is 902 g/mol. The van der Waals surface area contributed by atoms with Crippen molar-refractivity contribution in [1.29, 1.82) is 0 Å². The van der Waals surface area contributed by atoms with Crippen molar-refractivity contribution >= 4 is 91.6 Å². The van der Waals surface area contributed by atoms with Crippen LogP contribution in [0.25, 0.3) is 11.8 Å². The number of ether oxygens (including phenoxy) is 3. The highest BCUT2D eigenvalue weighted by Crippen LogP contribution is 2.37.